The Labute approximate surface area is 93.2 Å². The molecule has 1 radical (unpaired) electrons. The van der Waals surface area contributed by atoms with Gasteiger partial charge in [0, 0.05) is 39.8 Å². The van der Waals surface area contributed by atoms with Crippen LogP contribution in [0.5, 0.6) is 0 Å². The topological polar surface area (TPSA) is 46.0 Å². The van der Waals surface area contributed by atoms with Gasteiger partial charge in [0.15, 0.2) is 0 Å². The van der Waals surface area contributed by atoms with Crippen molar-refractivity contribution in [3.05, 3.63) is 24.8 Å². The summed E-state index contributed by atoms with van der Waals surface area (Å²) in [6, 6.07) is 0. The van der Waals surface area contributed by atoms with E-state index in [1.165, 1.54) is 6.20 Å². The molecule has 11 heavy (non-hydrogen) atoms. The minimum absolute atomic E-state index is 0. The van der Waals surface area contributed by atoms with E-state index < -0.39 is 0 Å². The Morgan fingerprint density at radius 2 is 1.73 bits per heavy atom. The Morgan fingerprint density at radius 1 is 1.18 bits per heavy atom. The average Bonchev–Trinajstić information content (AvgIpc) is 2.14. The Balaban J connectivity index is -0.000000114. The van der Waals surface area contributed by atoms with Crippen LogP contribution in [0.2, 0.25) is 0 Å². The molecule has 1 rings (SSSR count). The summed E-state index contributed by atoms with van der Waals surface area (Å²) in [4.78, 5) is 7.26. The van der Waals surface area contributed by atoms with Crippen molar-refractivity contribution in [2.45, 2.75) is 13.8 Å². The molecular formula is C7H13N2OY-. The van der Waals surface area contributed by atoms with Gasteiger partial charge in [0.1, 0.15) is 0 Å². The van der Waals surface area contributed by atoms with Gasteiger partial charge in [-0.05, 0) is 12.4 Å². The molecule has 1 heterocycles. The van der Waals surface area contributed by atoms with E-state index in [0.29, 0.717) is 0 Å². The van der Waals surface area contributed by atoms with E-state index in [0.717, 1.165) is 7.11 Å². The zero-order chi connectivity index (χ0) is 8.24. The standard InChI is InChI=1S/C4H3N2.C2H6.CH4O.Y/c1-2-6-4-3-5-1;2*1-2;/h1-3H;1-2H3;2H,1H3;/q-1;;;. The third kappa shape index (κ3) is 17.8. The van der Waals surface area contributed by atoms with Gasteiger partial charge in [0.05, 0.1) is 0 Å². The quantitative estimate of drug-likeness (QED) is 0.674. The molecule has 0 spiro atoms. The molecule has 3 nitrogen and oxygen atoms in total. The molecule has 0 amide bonds. The van der Waals surface area contributed by atoms with Crippen molar-refractivity contribution in [1.82, 2.24) is 9.97 Å². The molecule has 0 saturated carbocycles. The number of aliphatic hydroxyl groups is 1. The van der Waals surface area contributed by atoms with Crippen molar-refractivity contribution in [2.24, 2.45) is 0 Å². The van der Waals surface area contributed by atoms with Gasteiger partial charge in [-0.1, -0.05) is 13.8 Å². The van der Waals surface area contributed by atoms with Gasteiger partial charge in [-0.15, -0.1) is 12.4 Å². The monoisotopic (exact) mass is 230 g/mol. The van der Waals surface area contributed by atoms with E-state index in [-0.39, 0.29) is 32.7 Å². The zero-order valence-electron chi connectivity index (χ0n) is 7.15. The molecular weight excluding hydrogens is 217 g/mol. The summed E-state index contributed by atoms with van der Waals surface area (Å²) in [5.41, 5.74) is 0. The van der Waals surface area contributed by atoms with Crippen LogP contribution < -0.4 is 0 Å². The second kappa shape index (κ2) is 22.5. The molecule has 61 valence electrons. The molecule has 1 N–H and O–H groups in total. The molecule has 0 aliphatic heterocycles. The average molecular weight is 230 g/mol. The van der Waals surface area contributed by atoms with E-state index in [2.05, 4.69) is 16.2 Å². The predicted octanol–water partition coefficient (Wildman–Crippen LogP) is 0.909. The first-order chi connectivity index (χ1) is 5.00. The Bertz CT molecular complexity index is 88.4. The largest absolute Gasteiger partial charge is 0.456 e. The van der Waals surface area contributed by atoms with E-state index in [1.54, 1.807) is 12.4 Å². The first kappa shape index (κ1) is 17.3. The fraction of sp³-hybridized carbons (Fsp3) is 0.429. The molecule has 0 fully saturated rings. The summed E-state index contributed by atoms with van der Waals surface area (Å²) in [7, 11) is 1.00. The van der Waals surface area contributed by atoms with E-state index in [1.807, 2.05) is 13.8 Å². The van der Waals surface area contributed by atoms with Crippen LogP contribution in [0.4, 0.5) is 0 Å². The minimum atomic E-state index is 0. The SMILES string of the molecule is CC.CO.[Y].[c-]1cnccn1. The van der Waals surface area contributed by atoms with Crippen LogP contribution in [0, 0.1) is 6.20 Å². The molecule has 1 aromatic rings. The Hall–Kier alpha value is 0.144. The third-order valence-corrected chi connectivity index (χ3v) is 0.434. The smallest absolute Gasteiger partial charge is 0.0319 e. The fourth-order valence-electron chi connectivity index (χ4n) is 0.225. The van der Waals surface area contributed by atoms with Crippen LogP contribution in [-0.4, -0.2) is 22.2 Å². The minimum Gasteiger partial charge on any atom is -0.456 e. The molecule has 0 aromatic carbocycles. The van der Waals surface area contributed by atoms with Crippen molar-refractivity contribution in [1.29, 1.82) is 0 Å². The second-order valence-corrected chi connectivity index (χ2v) is 0.835. The van der Waals surface area contributed by atoms with Crippen LogP contribution in [0.25, 0.3) is 0 Å². The number of hydrogen-bond donors (Lipinski definition) is 1. The van der Waals surface area contributed by atoms with Gasteiger partial charge in [-0.2, -0.15) is 0 Å². The summed E-state index contributed by atoms with van der Waals surface area (Å²) in [6.07, 6.45) is 7.24. The molecule has 0 saturated heterocycles. The molecule has 0 unspecified atom stereocenters. The van der Waals surface area contributed by atoms with Crippen LogP contribution >= 0.6 is 0 Å². The van der Waals surface area contributed by atoms with Crippen LogP contribution in [0.1, 0.15) is 13.8 Å². The summed E-state index contributed by atoms with van der Waals surface area (Å²) in [5.74, 6) is 0. The number of rotatable bonds is 0. The summed E-state index contributed by atoms with van der Waals surface area (Å²) in [6.45, 7) is 4.00. The molecule has 0 aliphatic carbocycles. The number of aliphatic hydroxyl groups excluding tert-OH is 1. The van der Waals surface area contributed by atoms with Gasteiger partial charge in [0.2, 0.25) is 0 Å². The van der Waals surface area contributed by atoms with Gasteiger partial charge in [-0.3, -0.25) is 0 Å². The van der Waals surface area contributed by atoms with Crippen LogP contribution in [-0.2, 0) is 32.7 Å². The normalized spacial score (nSPS) is 5.45. The van der Waals surface area contributed by atoms with E-state index >= 15 is 0 Å². The second-order valence-electron chi connectivity index (χ2n) is 0.835. The number of hydrogen-bond acceptors (Lipinski definition) is 3. The molecule has 0 aliphatic rings. The van der Waals surface area contributed by atoms with E-state index in [4.69, 9.17) is 5.11 Å². The van der Waals surface area contributed by atoms with Gasteiger partial charge in [-0.25, -0.2) is 0 Å². The zero-order valence-corrected chi connectivity index (χ0v) is 9.99. The first-order valence-corrected chi connectivity index (χ1v) is 3.07. The maximum atomic E-state index is 7.00. The summed E-state index contributed by atoms with van der Waals surface area (Å²) < 4.78 is 0. The van der Waals surface area contributed by atoms with Crippen LogP contribution in [0.3, 0.4) is 0 Å². The van der Waals surface area contributed by atoms with Gasteiger partial charge < -0.3 is 15.1 Å². The Morgan fingerprint density at radius 3 is 1.82 bits per heavy atom. The van der Waals surface area contributed by atoms with Gasteiger partial charge >= 0.3 is 0 Å². The van der Waals surface area contributed by atoms with Crippen molar-refractivity contribution in [3.63, 3.8) is 0 Å². The van der Waals surface area contributed by atoms with Crippen molar-refractivity contribution >= 4 is 0 Å². The van der Waals surface area contributed by atoms with Crippen molar-refractivity contribution in [3.8, 4) is 0 Å². The third-order valence-electron chi connectivity index (χ3n) is 0.434. The molecule has 1 aromatic heterocycles. The first-order valence-electron chi connectivity index (χ1n) is 3.07. The molecule has 0 atom stereocenters. The van der Waals surface area contributed by atoms with Crippen molar-refractivity contribution in [2.75, 3.05) is 7.11 Å². The Kier molecular flexibility index (Phi) is 35.3. The molecule has 4 heteroatoms. The maximum absolute atomic E-state index is 7.00. The van der Waals surface area contributed by atoms with Crippen LogP contribution in [0.15, 0.2) is 18.6 Å². The predicted molar refractivity (Wildman–Crippen MR) is 40.4 cm³/mol. The summed E-state index contributed by atoms with van der Waals surface area (Å²) >= 11 is 0. The number of aromatic nitrogens is 2. The molecule has 0 bridgehead atoms. The fourth-order valence-corrected chi connectivity index (χ4v) is 0.225. The number of nitrogens with zero attached hydrogens (tertiary/aromatic N) is 2. The van der Waals surface area contributed by atoms with Crippen molar-refractivity contribution < 1.29 is 37.8 Å². The van der Waals surface area contributed by atoms with Gasteiger partial charge in [0.25, 0.3) is 0 Å². The summed E-state index contributed by atoms with van der Waals surface area (Å²) in [5, 5.41) is 7.00. The van der Waals surface area contributed by atoms with E-state index in [9.17, 15) is 0 Å². The maximum Gasteiger partial charge on any atom is 0.0319 e.